The maximum Gasteiger partial charge on any atom is 0.222 e. The molecule has 3 nitrogen and oxygen atoms in total. The molecule has 1 amide bonds. The van der Waals surface area contributed by atoms with Crippen molar-refractivity contribution < 1.29 is 18.7 Å². The number of nitrogens with zero attached hydrogens (tertiary/aromatic N) is 1. The zero-order valence-electron chi connectivity index (χ0n) is 9.78. The molecule has 0 bridgehead atoms. The summed E-state index contributed by atoms with van der Waals surface area (Å²) in [6, 6.07) is 3.21. The Labute approximate surface area is 98.7 Å². The minimum Gasteiger partial charge on any atom is -0.388 e. The van der Waals surface area contributed by atoms with Crippen LogP contribution in [-0.4, -0.2) is 30.0 Å². The molecule has 0 saturated heterocycles. The lowest BCUT2D eigenvalue weighted by molar-refractivity contribution is -0.129. The van der Waals surface area contributed by atoms with Gasteiger partial charge in [0.2, 0.25) is 5.91 Å². The van der Waals surface area contributed by atoms with Gasteiger partial charge in [0.25, 0.3) is 0 Å². The van der Waals surface area contributed by atoms with Gasteiger partial charge in [-0.3, -0.25) is 4.79 Å². The highest BCUT2D eigenvalue weighted by molar-refractivity contribution is 5.75. The molecule has 0 saturated carbocycles. The first-order valence-electron chi connectivity index (χ1n) is 5.25. The minimum atomic E-state index is -1.000. The van der Waals surface area contributed by atoms with E-state index in [1.807, 2.05) is 0 Å². The first-order chi connectivity index (χ1) is 7.91. The van der Waals surface area contributed by atoms with Gasteiger partial charge in [0, 0.05) is 20.5 Å². The summed E-state index contributed by atoms with van der Waals surface area (Å²) in [6.45, 7) is 0. The number of hydrogen-bond donors (Lipinski definition) is 1. The van der Waals surface area contributed by atoms with E-state index < -0.39 is 17.7 Å². The number of rotatable bonds is 4. The lowest BCUT2D eigenvalue weighted by atomic mass is 10.0. The first-order valence-corrected chi connectivity index (χ1v) is 5.25. The van der Waals surface area contributed by atoms with Crippen molar-refractivity contribution in [2.24, 2.45) is 0 Å². The lowest BCUT2D eigenvalue weighted by Gasteiger charge is -2.13. The van der Waals surface area contributed by atoms with Crippen LogP contribution in [0.15, 0.2) is 18.2 Å². The molecule has 0 heterocycles. The van der Waals surface area contributed by atoms with E-state index in [9.17, 15) is 18.7 Å². The van der Waals surface area contributed by atoms with E-state index in [-0.39, 0.29) is 24.3 Å². The molecule has 0 aromatic heterocycles. The van der Waals surface area contributed by atoms with Crippen molar-refractivity contribution in [1.29, 1.82) is 0 Å². The van der Waals surface area contributed by atoms with Gasteiger partial charge in [-0.25, -0.2) is 8.78 Å². The number of aliphatic hydroxyl groups is 1. The first kappa shape index (κ1) is 13.6. The van der Waals surface area contributed by atoms with E-state index in [1.165, 1.54) is 11.0 Å². The predicted octanol–water partition coefficient (Wildman–Crippen LogP) is 1.87. The molecule has 0 spiro atoms. The minimum absolute atomic E-state index is 0.119. The van der Waals surface area contributed by atoms with E-state index in [1.54, 1.807) is 14.1 Å². The van der Waals surface area contributed by atoms with E-state index in [2.05, 4.69) is 0 Å². The fourth-order valence-corrected chi connectivity index (χ4v) is 1.37. The fraction of sp³-hybridized carbons (Fsp3) is 0.417. The Morgan fingerprint density at radius 2 is 2.00 bits per heavy atom. The number of halogens is 2. The smallest absolute Gasteiger partial charge is 0.222 e. The zero-order chi connectivity index (χ0) is 13.0. The summed E-state index contributed by atoms with van der Waals surface area (Å²) >= 11 is 0. The van der Waals surface area contributed by atoms with Gasteiger partial charge in [0.1, 0.15) is 0 Å². The monoisotopic (exact) mass is 243 g/mol. The van der Waals surface area contributed by atoms with Crippen molar-refractivity contribution in [3.63, 3.8) is 0 Å². The topological polar surface area (TPSA) is 40.5 Å². The highest BCUT2D eigenvalue weighted by Gasteiger charge is 2.13. The van der Waals surface area contributed by atoms with Crippen LogP contribution in [-0.2, 0) is 4.79 Å². The number of hydrogen-bond acceptors (Lipinski definition) is 2. The van der Waals surface area contributed by atoms with Gasteiger partial charge >= 0.3 is 0 Å². The average molecular weight is 243 g/mol. The van der Waals surface area contributed by atoms with Crippen molar-refractivity contribution >= 4 is 5.91 Å². The second kappa shape index (κ2) is 5.72. The molecule has 94 valence electrons. The van der Waals surface area contributed by atoms with E-state index in [0.717, 1.165) is 12.1 Å². The molecule has 1 N–H and O–H groups in total. The Balaban J connectivity index is 2.61. The van der Waals surface area contributed by atoms with Crippen LogP contribution in [0.4, 0.5) is 8.78 Å². The average Bonchev–Trinajstić information content (AvgIpc) is 2.28. The number of aliphatic hydroxyl groups excluding tert-OH is 1. The molecule has 0 fully saturated rings. The van der Waals surface area contributed by atoms with Crippen molar-refractivity contribution in [3.8, 4) is 0 Å². The number of benzene rings is 1. The summed E-state index contributed by atoms with van der Waals surface area (Å²) in [6.07, 6.45) is -0.621. The van der Waals surface area contributed by atoms with Crippen LogP contribution >= 0.6 is 0 Å². The Morgan fingerprint density at radius 1 is 1.35 bits per heavy atom. The third-order valence-corrected chi connectivity index (χ3v) is 2.46. The highest BCUT2D eigenvalue weighted by atomic mass is 19.2. The summed E-state index contributed by atoms with van der Waals surface area (Å²) in [7, 11) is 3.23. The van der Waals surface area contributed by atoms with Gasteiger partial charge in [-0.05, 0) is 24.1 Å². The molecule has 5 heteroatoms. The Hall–Kier alpha value is -1.49. The van der Waals surface area contributed by atoms with Gasteiger partial charge in [-0.15, -0.1) is 0 Å². The van der Waals surface area contributed by atoms with Crippen LogP contribution in [0.25, 0.3) is 0 Å². The van der Waals surface area contributed by atoms with Crippen LogP contribution in [0.1, 0.15) is 24.5 Å². The summed E-state index contributed by atoms with van der Waals surface area (Å²) in [4.78, 5) is 12.7. The van der Waals surface area contributed by atoms with Crippen molar-refractivity contribution in [2.75, 3.05) is 14.1 Å². The Bertz CT molecular complexity index is 407. The molecular weight excluding hydrogens is 228 g/mol. The summed E-state index contributed by atoms with van der Waals surface area (Å²) in [5.41, 5.74) is 0.274. The summed E-state index contributed by atoms with van der Waals surface area (Å²) < 4.78 is 25.6. The predicted molar refractivity (Wildman–Crippen MR) is 59.2 cm³/mol. The molecule has 0 aliphatic heterocycles. The van der Waals surface area contributed by atoms with Crippen LogP contribution in [0.3, 0.4) is 0 Å². The van der Waals surface area contributed by atoms with E-state index >= 15 is 0 Å². The molecule has 0 aliphatic carbocycles. The van der Waals surface area contributed by atoms with Gasteiger partial charge in [-0.2, -0.15) is 0 Å². The molecule has 1 aromatic rings. The number of carbonyl (C=O) groups excluding carboxylic acids is 1. The lowest BCUT2D eigenvalue weighted by Crippen LogP contribution is -2.21. The molecule has 17 heavy (non-hydrogen) atoms. The molecule has 1 aromatic carbocycles. The second-order valence-electron chi connectivity index (χ2n) is 4.02. The molecule has 0 radical (unpaired) electrons. The van der Waals surface area contributed by atoms with Crippen molar-refractivity contribution in [3.05, 3.63) is 35.4 Å². The van der Waals surface area contributed by atoms with Crippen LogP contribution in [0.5, 0.6) is 0 Å². The Morgan fingerprint density at radius 3 is 2.53 bits per heavy atom. The summed E-state index contributed by atoms with van der Waals surface area (Å²) in [5.74, 6) is -2.07. The zero-order valence-corrected chi connectivity index (χ0v) is 9.78. The third-order valence-electron chi connectivity index (χ3n) is 2.46. The number of amides is 1. The SMILES string of the molecule is CN(C)C(=O)CCC(O)c1ccc(F)c(F)c1. The van der Waals surface area contributed by atoms with Gasteiger partial charge in [0.15, 0.2) is 11.6 Å². The largest absolute Gasteiger partial charge is 0.388 e. The van der Waals surface area contributed by atoms with Crippen LogP contribution in [0.2, 0.25) is 0 Å². The van der Waals surface area contributed by atoms with Gasteiger partial charge in [0.05, 0.1) is 6.10 Å². The maximum absolute atomic E-state index is 12.9. The van der Waals surface area contributed by atoms with Gasteiger partial charge < -0.3 is 10.0 Å². The van der Waals surface area contributed by atoms with Crippen LogP contribution in [0, 0.1) is 11.6 Å². The van der Waals surface area contributed by atoms with Gasteiger partial charge in [-0.1, -0.05) is 6.07 Å². The third kappa shape index (κ3) is 3.78. The van der Waals surface area contributed by atoms with E-state index in [4.69, 9.17) is 0 Å². The quantitative estimate of drug-likeness (QED) is 0.877. The molecule has 1 unspecified atom stereocenters. The fourth-order valence-electron chi connectivity index (χ4n) is 1.37. The second-order valence-corrected chi connectivity index (χ2v) is 4.02. The van der Waals surface area contributed by atoms with Crippen molar-refractivity contribution in [1.82, 2.24) is 4.90 Å². The normalized spacial score (nSPS) is 12.3. The molecule has 1 rings (SSSR count). The standard InChI is InChI=1S/C12H15F2NO2/c1-15(2)12(17)6-5-11(16)8-3-4-9(13)10(14)7-8/h3-4,7,11,16H,5-6H2,1-2H3. The summed E-state index contributed by atoms with van der Waals surface area (Å²) in [5, 5.41) is 9.71. The van der Waals surface area contributed by atoms with E-state index in [0.29, 0.717) is 0 Å². The van der Waals surface area contributed by atoms with Crippen LogP contribution < -0.4 is 0 Å². The molecular formula is C12H15F2NO2. The van der Waals surface area contributed by atoms with Crippen molar-refractivity contribution in [2.45, 2.75) is 18.9 Å². The molecule has 1 atom stereocenters. The molecule has 0 aliphatic rings. The highest BCUT2D eigenvalue weighted by Crippen LogP contribution is 2.20. The maximum atomic E-state index is 12.9. The number of carbonyl (C=O) groups is 1. The Kier molecular flexibility index (Phi) is 4.57.